The van der Waals surface area contributed by atoms with Gasteiger partial charge in [0.25, 0.3) is 0 Å². The number of benzene rings is 1. The number of rotatable bonds is 8. The molecular weight excluding hydrogens is 396 g/mol. The van der Waals surface area contributed by atoms with E-state index in [1.54, 1.807) is 23.1 Å². The number of nitrogens with zero attached hydrogens (tertiary/aromatic N) is 4. The highest BCUT2D eigenvalue weighted by atomic mass is 32.2. The average Bonchev–Trinajstić information content (AvgIpc) is 3.36. The van der Waals surface area contributed by atoms with Gasteiger partial charge in [-0.05, 0) is 18.4 Å². The highest BCUT2D eigenvalue weighted by Gasteiger charge is 2.19. The summed E-state index contributed by atoms with van der Waals surface area (Å²) >= 11 is 3.43. The number of aromatic nitrogens is 4. The number of hydrogen-bond acceptors (Lipinski definition) is 5. The average molecular weight is 425 g/mol. The molecule has 0 atom stereocenters. The smallest absolute Gasteiger partial charge is 0.191 e. The van der Waals surface area contributed by atoms with Crippen molar-refractivity contribution in [3.05, 3.63) is 59.4 Å². The van der Waals surface area contributed by atoms with Crippen LogP contribution >= 0.6 is 23.1 Å². The number of hydrogen-bond donors (Lipinski definition) is 0. The van der Waals surface area contributed by atoms with Crippen LogP contribution in [0.3, 0.4) is 0 Å². The Morgan fingerprint density at radius 3 is 2.83 bits per heavy atom. The van der Waals surface area contributed by atoms with Crippen LogP contribution in [-0.2, 0) is 18.7 Å². The van der Waals surface area contributed by atoms with Crippen molar-refractivity contribution in [1.82, 2.24) is 19.7 Å². The second kappa shape index (κ2) is 9.72. The summed E-state index contributed by atoms with van der Waals surface area (Å²) in [7, 11) is 0. The molecule has 0 aliphatic heterocycles. The Hall–Kier alpha value is -1.92. The van der Waals surface area contributed by atoms with E-state index in [0.717, 1.165) is 46.3 Å². The predicted molar refractivity (Wildman–Crippen MR) is 122 cm³/mol. The largest absolute Gasteiger partial charge is 0.302 e. The van der Waals surface area contributed by atoms with Gasteiger partial charge in [0.2, 0.25) is 0 Å². The standard InChI is InChI=1S/C23H28N4S2/c1-3-13-27-21(14-18-10-5-4-6-11-18)25-26-23(27)29-16-19-15-28-22(24-19)20-12-8-7-9-17(20)2/h3,7-9,12,15,18H,1,4-6,10-11,13-14,16H2,2H3. The fourth-order valence-corrected chi connectivity index (χ4v) is 5.86. The van der Waals surface area contributed by atoms with Gasteiger partial charge < -0.3 is 4.57 Å². The molecule has 0 radical (unpaired) electrons. The Morgan fingerprint density at radius 1 is 1.21 bits per heavy atom. The zero-order valence-electron chi connectivity index (χ0n) is 17.0. The van der Waals surface area contributed by atoms with Gasteiger partial charge in [-0.25, -0.2) is 4.98 Å². The minimum atomic E-state index is 0.754. The van der Waals surface area contributed by atoms with E-state index in [0.29, 0.717) is 0 Å². The van der Waals surface area contributed by atoms with Gasteiger partial charge >= 0.3 is 0 Å². The zero-order valence-corrected chi connectivity index (χ0v) is 18.6. The Morgan fingerprint density at radius 2 is 2.03 bits per heavy atom. The molecule has 1 fully saturated rings. The summed E-state index contributed by atoms with van der Waals surface area (Å²) in [5.41, 5.74) is 3.58. The first kappa shape index (κ1) is 20.4. The SMILES string of the molecule is C=CCn1c(CC2CCCCC2)nnc1SCc1csc(-c2ccccc2C)n1. The van der Waals surface area contributed by atoms with Crippen molar-refractivity contribution in [1.29, 1.82) is 0 Å². The maximum Gasteiger partial charge on any atom is 0.191 e. The number of thiazole rings is 1. The third kappa shape index (κ3) is 4.98. The minimum Gasteiger partial charge on any atom is -0.302 e. The molecule has 0 saturated heterocycles. The van der Waals surface area contributed by atoms with Gasteiger partial charge in [0, 0.05) is 29.7 Å². The monoisotopic (exact) mass is 424 g/mol. The molecular formula is C23H28N4S2. The maximum absolute atomic E-state index is 4.85. The fraction of sp³-hybridized carbons (Fsp3) is 0.435. The molecule has 2 heterocycles. The molecule has 0 amide bonds. The Bertz CT molecular complexity index is 953. The molecule has 1 saturated carbocycles. The molecule has 4 rings (SSSR count). The van der Waals surface area contributed by atoms with Crippen LogP contribution in [0.4, 0.5) is 0 Å². The zero-order chi connectivity index (χ0) is 20.1. The first-order valence-corrected chi connectivity index (χ1v) is 12.3. The Labute approximate surface area is 181 Å². The van der Waals surface area contributed by atoms with Crippen molar-refractivity contribution >= 4 is 23.1 Å². The van der Waals surface area contributed by atoms with E-state index in [9.17, 15) is 0 Å². The first-order chi connectivity index (χ1) is 14.2. The van der Waals surface area contributed by atoms with Gasteiger partial charge in [-0.3, -0.25) is 0 Å². The third-order valence-electron chi connectivity index (χ3n) is 5.58. The molecule has 1 aliphatic rings. The second-order valence-corrected chi connectivity index (χ2v) is 9.55. The van der Waals surface area contributed by atoms with Gasteiger partial charge in [0.15, 0.2) is 5.16 Å². The molecule has 152 valence electrons. The highest BCUT2D eigenvalue weighted by Crippen LogP contribution is 2.31. The number of allylic oxidation sites excluding steroid dienone is 1. The lowest BCUT2D eigenvalue weighted by Gasteiger charge is -2.21. The third-order valence-corrected chi connectivity index (χ3v) is 7.50. The van der Waals surface area contributed by atoms with Crippen molar-refractivity contribution in [2.24, 2.45) is 5.92 Å². The molecule has 0 unspecified atom stereocenters. The Kier molecular flexibility index (Phi) is 6.82. The van der Waals surface area contributed by atoms with Gasteiger partial charge in [-0.1, -0.05) is 74.2 Å². The van der Waals surface area contributed by atoms with Crippen LogP contribution in [0.25, 0.3) is 10.6 Å². The lowest BCUT2D eigenvalue weighted by atomic mass is 9.87. The summed E-state index contributed by atoms with van der Waals surface area (Å²) in [5, 5.41) is 13.2. The lowest BCUT2D eigenvalue weighted by molar-refractivity contribution is 0.347. The number of aryl methyl sites for hydroxylation is 1. The van der Waals surface area contributed by atoms with Crippen molar-refractivity contribution in [2.75, 3.05) is 0 Å². The van der Waals surface area contributed by atoms with Gasteiger partial charge in [-0.2, -0.15) is 0 Å². The molecule has 1 aliphatic carbocycles. The molecule has 0 N–H and O–H groups in total. The van der Waals surface area contributed by atoms with Crippen LogP contribution in [-0.4, -0.2) is 19.7 Å². The summed E-state index contributed by atoms with van der Waals surface area (Å²) in [6, 6.07) is 8.42. The fourth-order valence-electron chi connectivity index (χ4n) is 3.99. The van der Waals surface area contributed by atoms with Gasteiger partial charge in [-0.15, -0.1) is 28.1 Å². The van der Waals surface area contributed by atoms with E-state index in [-0.39, 0.29) is 0 Å². The lowest BCUT2D eigenvalue weighted by Crippen LogP contribution is -2.13. The molecule has 6 heteroatoms. The highest BCUT2D eigenvalue weighted by molar-refractivity contribution is 7.98. The molecule has 0 spiro atoms. The summed E-state index contributed by atoms with van der Waals surface area (Å²) in [4.78, 5) is 4.85. The van der Waals surface area contributed by atoms with Crippen LogP contribution in [0.5, 0.6) is 0 Å². The summed E-state index contributed by atoms with van der Waals surface area (Å²) in [5.74, 6) is 2.67. The van der Waals surface area contributed by atoms with Crippen LogP contribution < -0.4 is 0 Å². The maximum atomic E-state index is 4.85. The quantitative estimate of drug-likeness (QED) is 0.314. The van der Waals surface area contributed by atoms with E-state index in [1.807, 2.05) is 6.08 Å². The summed E-state index contributed by atoms with van der Waals surface area (Å²) in [6.07, 6.45) is 9.72. The van der Waals surface area contributed by atoms with Crippen molar-refractivity contribution < 1.29 is 0 Å². The van der Waals surface area contributed by atoms with E-state index in [2.05, 4.69) is 57.9 Å². The van der Waals surface area contributed by atoms with Gasteiger partial charge in [0.05, 0.1) is 5.69 Å². The van der Waals surface area contributed by atoms with E-state index in [4.69, 9.17) is 4.98 Å². The topological polar surface area (TPSA) is 43.6 Å². The summed E-state index contributed by atoms with van der Waals surface area (Å²) < 4.78 is 2.24. The second-order valence-electron chi connectivity index (χ2n) is 7.75. The van der Waals surface area contributed by atoms with Crippen molar-refractivity contribution in [2.45, 2.75) is 62.9 Å². The van der Waals surface area contributed by atoms with Crippen LogP contribution in [0.15, 0.2) is 47.5 Å². The molecule has 2 aromatic heterocycles. The Balaban J connectivity index is 1.44. The van der Waals surface area contributed by atoms with E-state index in [1.165, 1.54) is 43.2 Å². The van der Waals surface area contributed by atoms with Gasteiger partial charge in [0.1, 0.15) is 10.8 Å². The molecule has 4 nitrogen and oxygen atoms in total. The predicted octanol–water partition coefficient (Wildman–Crippen LogP) is 6.31. The minimum absolute atomic E-state index is 0.754. The number of thioether (sulfide) groups is 1. The first-order valence-electron chi connectivity index (χ1n) is 10.4. The van der Waals surface area contributed by atoms with Crippen LogP contribution in [0.2, 0.25) is 0 Å². The molecule has 1 aromatic carbocycles. The van der Waals surface area contributed by atoms with Crippen molar-refractivity contribution in [3.63, 3.8) is 0 Å². The normalized spacial score (nSPS) is 14.9. The van der Waals surface area contributed by atoms with Crippen LogP contribution in [0.1, 0.15) is 49.2 Å². The van der Waals surface area contributed by atoms with E-state index >= 15 is 0 Å². The molecule has 3 aromatic rings. The van der Waals surface area contributed by atoms with Crippen LogP contribution in [0, 0.1) is 12.8 Å². The van der Waals surface area contributed by atoms with E-state index < -0.39 is 0 Å². The summed E-state index contributed by atoms with van der Waals surface area (Å²) in [6.45, 7) is 6.83. The van der Waals surface area contributed by atoms with Crippen molar-refractivity contribution in [3.8, 4) is 10.6 Å². The molecule has 0 bridgehead atoms. The molecule has 29 heavy (non-hydrogen) atoms.